The smallest absolute Gasteiger partial charge is 0.244 e. The number of hydrogen-bond donors (Lipinski definition) is 0. The summed E-state index contributed by atoms with van der Waals surface area (Å²) in [6.07, 6.45) is 7.69. The van der Waals surface area contributed by atoms with Crippen LogP contribution < -0.4 is 0 Å². The van der Waals surface area contributed by atoms with Gasteiger partial charge in [-0.1, -0.05) is 6.08 Å². The molecule has 0 unspecified atom stereocenters. The molecule has 0 aliphatic heterocycles. The molecule has 1 aliphatic carbocycles. The molecule has 0 fully saturated rings. The standard InChI is InChI=1S/C11H19NOSi/c1-10(13-14(2,3)4)12-9-11-7-5-6-8-11/h7,9H,1,5-6,8H2,2-4H3. The van der Waals surface area contributed by atoms with Crippen molar-refractivity contribution in [3.05, 3.63) is 24.1 Å². The van der Waals surface area contributed by atoms with E-state index in [-0.39, 0.29) is 0 Å². The maximum Gasteiger partial charge on any atom is 0.244 e. The Balaban J connectivity index is 2.40. The molecule has 0 radical (unpaired) electrons. The van der Waals surface area contributed by atoms with Crippen LogP contribution in [0.1, 0.15) is 19.3 Å². The molecule has 0 spiro atoms. The molecular formula is C11H19NOSi. The summed E-state index contributed by atoms with van der Waals surface area (Å²) in [5.41, 5.74) is 1.31. The normalized spacial score (nSPS) is 17.2. The van der Waals surface area contributed by atoms with Crippen molar-refractivity contribution in [3.63, 3.8) is 0 Å². The molecule has 2 nitrogen and oxygen atoms in total. The highest BCUT2D eigenvalue weighted by atomic mass is 28.4. The molecule has 0 amide bonds. The zero-order chi connectivity index (χ0) is 10.6. The third-order valence-electron chi connectivity index (χ3n) is 1.87. The van der Waals surface area contributed by atoms with E-state index in [1.807, 2.05) is 6.21 Å². The minimum absolute atomic E-state index is 0.553. The van der Waals surface area contributed by atoms with Gasteiger partial charge in [-0.15, -0.1) is 0 Å². The Morgan fingerprint density at radius 1 is 1.57 bits per heavy atom. The van der Waals surface area contributed by atoms with Crippen molar-refractivity contribution in [3.8, 4) is 0 Å². The molecule has 1 aliphatic rings. The summed E-state index contributed by atoms with van der Waals surface area (Å²) >= 11 is 0. The van der Waals surface area contributed by atoms with Crippen molar-refractivity contribution in [1.82, 2.24) is 0 Å². The van der Waals surface area contributed by atoms with E-state index in [0.29, 0.717) is 5.88 Å². The van der Waals surface area contributed by atoms with E-state index in [2.05, 4.69) is 37.3 Å². The number of aliphatic imine (C=N–C) groups is 1. The minimum Gasteiger partial charge on any atom is -0.532 e. The first-order valence-electron chi connectivity index (χ1n) is 5.08. The zero-order valence-electron chi connectivity index (χ0n) is 9.34. The zero-order valence-corrected chi connectivity index (χ0v) is 10.3. The summed E-state index contributed by atoms with van der Waals surface area (Å²) in [5.74, 6) is 0.553. The van der Waals surface area contributed by atoms with Gasteiger partial charge in [-0.05, 0) is 51.1 Å². The van der Waals surface area contributed by atoms with Crippen LogP contribution in [0.5, 0.6) is 0 Å². The van der Waals surface area contributed by atoms with Gasteiger partial charge in [0.15, 0.2) is 5.88 Å². The Morgan fingerprint density at radius 3 is 2.79 bits per heavy atom. The monoisotopic (exact) mass is 209 g/mol. The van der Waals surface area contributed by atoms with Gasteiger partial charge in [0.05, 0.1) is 0 Å². The summed E-state index contributed by atoms with van der Waals surface area (Å²) in [6.45, 7) is 10.2. The van der Waals surface area contributed by atoms with Crippen LogP contribution in [0.4, 0.5) is 0 Å². The maximum absolute atomic E-state index is 5.62. The molecule has 0 atom stereocenters. The molecule has 0 aromatic heterocycles. The number of rotatable bonds is 4. The molecule has 0 aromatic rings. The fraction of sp³-hybridized carbons (Fsp3) is 0.545. The summed E-state index contributed by atoms with van der Waals surface area (Å²) in [4.78, 5) is 4.22. The van der Waals surface area contributed by atoms with Crippen LogP contribution in [-0.2, 0) is 4.43 Å². The van der Waals surface area contributed by atoms with Crippen LogP contribution >= 0.6 is 0 Å². The quantitative estimate of drug-likeness (QED) is 0.394. The Morgan fingerprint density at radius 2 is 2.29 bits per heavy atom. The van der Waals surface area contributed by atoms with Crippen molar-refractivity contribution in [1.29, 1.82) is 0 Å². The molecule has 0 N–H and O–H groups in total. The van der Waals surface area contributed by atoms with E-state index in [4.69, 9.17) is 4.43 Å². The Hall–Kier alpha value is -0.833. The fourth-order valence-electron chi connectivity index (χ4n) is 1.35. The van der Waals surface area contributed by atoms with Gasteiger partial charge >= 0.3 is 0 Å². The first kappa shape index (κ1) is 11.2. The molecule has 0 saturated carbocycles. The second kappa shape index (κ2) is 4.60. The molecule has 1 rings (SSSR count). The van der Waals surface area contributed by atoms with Crippen molar-refractivity contribution in [2.45, 2.75) is 38.9 Å². The van der Waals surface area contributed by atoms with Gasteiger partial charge in [-0.25, -0.2) is 4.99 Å². The molecule has 0 heterocycles. The highest BCUT2D eigenvalue weighted by Gasteiger charge is 2.16. The van der Waals surface area contributed by atoms with Crippen molar-refractivity contribution in [2.75, 3.05) is 0 Å². The van der Waals surface area contributed by atoms with Crippen LogP contribution in [0.2, 0.25) is 19.6 Å². The van der Waals surface area contributed by atoms with Gasteiger partial charge in [0.2, 0.25) is 8.32 Å². The summed E-state index contributed by atoms with van der Waals surface area (Å²) in [5, 5.41) is 0. The van der Waals surface area contributed by atoms with Crippen molar-refractivity contribution in [2.24, 2.45) is 4.99 Å². The average Bonchev–Trinajstić information content (AvgIpc) is 2.49. The van der Waals surface area contributed by atoms with Gasteiger partial charge in [0.1, 0.15) is 0 Å². The number of allylic oxidation sites excluding steroid dienone is 2. The number of nitrogens with zero attached hydrogens (tertiary/aromatic N) is 1. The molecule has 0 saturated heterocycles. The van der Waals surface area contributed by atoms with Gasteiger partial charge in [0, 0.05) is 6.21 Å². The van der Waals surface area contributed by atoms with Crippen LogP contribution in [0.3, 0.4) is 0 Å². The summed E-state index contributed by atoms with van der Waals surface area (Å²) in [7, 11) is -1.53. The first-order chi connectivity index (χ1) is 6.47. The van der Waals surface area contributed by atoms with Crippen LogP contribution in [-0.4, -0.2) is 14.5 Å². The lowest BCUT2D eigenvalue weighted by Crippen LogP contribution is -2.24. The molecule has 78 valence electrons. The molecule has 0 bridgehead atoms. The van der Waals surface area contributed by atoms with E-state index in [0.717, 1.165) is 6.42 Å². The van der Waals surface area contributed by atoms with E-state index >= 15 is 0 Å². The Labute approximate surface area is 87.5 Å². The highest BCUT2D eigenvalue weighted by molar-refractivity contribution is 6.70. The average molecular weight is 209 g/mol. The highest BCUT2D eigenvalue weighted by Crippen LogP contribution is 2.16. The second-order valence-corrected chi connectivity index (χ2v) is 8.97. The molecule has 14 heavy (non-hydrogen) atoms. The predicted molar refractivity (Wildman–Crippen MR) is 64.0 cm³/mol. The lowest BCUT2D eigenvalue weighted by molar-refractivity contribution is 0.421. The lowest BCUT2D eigenvalue weighted by Gasteiger charge is -2.17. The molecule has 0 aromatic carbocycles. The van der Waals surface area contributed by atoms with E-state index in [1.165, 1.54) is 18.4 Å². The number of hydrogen-bond acceptors (Lipinski definition) is 2. The van der Waals surface area contributed by atoms with Gasteiger partial charge in [-0.3, -0.25) is 0 Å². The summed E-state index contributed by atoms with van der Waals surface area (Å²) < 4.78 is 5.62. The third kappa shape index (κ3) is 4.42. The van der Waals surface area contributed by atoms with Gasteiger partial charge < -0.3 is 4.43 Å². The van der Waals surface area contributed by atoms with E-state index in [9.17, 15) is 0 Å². The lowest BCUT2D eigenvalue weighted by atomic mass is 10.2. The molecule has 3 heteroatoms. The summed E-state index contributed by atoms with van der Waals surface area (Å²) in [6, 6.07) is 0. The van der Waals surface area contributed by atoms with Gasteiger partial charge in [-0.2, -0.15) is 0 Å². The molecular weight excluding hydrogens is 190 g/mol. The maximum atomic E-state index is 5.62. The predicted octanol–water partition coefficient (Wildman–Crippen LogP) is 3.49. The SMILES string of the molecule is C=C(N=CC1=CCCC1)O[Si](C)(C)C. The second-order valence-electron chi connectivity index (χ2n) is 4.54. The first-order valence-corrected chi connectivity index (χ1v) is 8.49. The van der Waals surface area contributed by atoms with Crippen LogP contribution in [0.15, 0.2) is 29.1 Å². The third-order valence-corrected chi connectivity index (χ3v) is 2.72. The fourth-order valence-corrected chi connectivity index (χ4v) is 2.11. The van der Waals surface area contributed by atoms with Crippen LogP contribution in [0.25, 0.3) is 0 Å². The minimum atomic E-state index is -1.53. The van der Waals surface area contributed by atoms with Crippen molar-refractivity contribution < 1.29 is 4.43 Å². The Kier molecular flexibility index (Phi) is 3.69. The van der Waals surface area contributed by atoms with E-state index < -0.39 is 8.32 Å². The largest absolute Gasteiger partial charge is 0.532 e. The topological polar surface area (TPSA) is 21.6 Å². The van der Waals surface area contributed by atoms with Crippen LogP contribution in [0, 0.1) is 0 Å². The van der Waals surface area contributed by atoms with E-state index in [1.54, 1.807) is 0 Å². The van der Waals surface area contributed by atoms with Crippen molar-refractivity contribution >= 4 is 14.5 Å². The van der Waals surface area contributed by atoms with Gasteiger partial charge in [0.25, 0.3) is 0 Å². The Bertz CT molecular complexity index is 274.